The Balaban J connectivity index is 1.39. The zero-order chi connectivity index (χ0) is 22.6. The van der Waals surface area contributed by atoms with Gasteiger partial charge in [-0.3, -0.25) is 4.90 Å². The maximum atomic E-state index is 13.4. The smallest absolute Gasteiger partial charge is 0.340 e. The molecule has 0 aliphatic carbocycles. The molecular formula is C24H30F3N3S2. The van der Waals surface area contributed by atoms with Gasteiger partial charge in [0.15, 0.2) is 0 Å². The lowest BCUT2D eigenvalue weighted by Gasteiger charge is -2.36. The molecular weight excluding hydrogens is 451 g/mol. The summed E-state index contributed by atoms with van der Waals surface area (Å²) < 4.78 is 40.1. The van der Waals surface area contributed by atoms with Crippen LogP contribution in [0.15, 0.2) is 52.3 Å². The highest BCUT2D eigenvalue weighted by molar-refractivity contribution is 7.99. The predicted octanol–water partition coefficient (Wildman–Crippen LogP) is 6.07. The van der Waals surface area contributed by atoms with Gasteiger partial charge in [-0.15, -0.1) is 0 Å². The molecule has 0 amide bonds. The third kappa shape index (κ3) is 5.76. The molecule has 0 atom stereocenters. The van der Waals surface area contributed by atoms with Crippen molar-refractivity contribution in [1.82, 2.24) is 9.80 Å². The maximum absolute atomic E-state index is 13.4. The molecule has 32 heavy (non-hydrogen) atoms. The van der Waals surface area contributed by atoms with Crippen LogP contribution in [0.25, 0.3) is 0 Å². The maximum Gasteiger partial charge on any atom is 0.416 e. The standard InChI is InChI=1S/C24H30F3N3S2/c1-2-31-17-16-29-14-12-28(13-15-29)10-5-11-30-20-6-3-4-7-22(20)32-23-9-8-19(18-21(23)30)24(25,26)27/h3-4,6-9,18H,2,5,10-17H2,1H3. The van der Waals surface area contributed by atoms with Gasteiger partial charge in [-0.2, -0.15) is 24.9 Å². The second-order valence-electron chi connectivity index (χ2n) is 8.14. The number of anilines is 2. The highest BCUT2D eigenvalue weighted by Gasteiger charge is 2.33. The summed E-state index contributed by atoms with van der Waals surface area (Å²) in [4.78, 5) is 9.08. The van der Waals surface area contributed by atoms with E-state index >= 15 is 0 Å². The minimum atomic E-state index is -4.34. The molecule has 8 heteroatoms. The molecule has 2 aromatic rings. The first-order valence-electron chi connectivity index (χ1n) is 11.2. The molecule has 0 radical (unpaired) electrons. The molecule has 1 fully saturated rings. The van der Waals surface area contributed by atoms with Crippen molar-refractivity contribution in [2.45, 2.75) is 29.3 Å². The van der Waals surface area contributed by atoms with E-state index in [4.69, 9.17) is 0 Å². The third-order valence-electron chi connectivity index (χ3n) is 6.03. The molecule has 3 nitrogen and oxygen atoms in total. The fourth-order valence-electron chi connectivity index (χ4n) is 4.27. The molecule has 0 N–H and O–H groups in total. The molecule has 4 rings (SSSR count). The Morgan fingerprint density at radius 3 is 2.28 bits per heavy atom. The average molecular weight is 482 g/mol. The highest BCUT2D eigenvalue weighted by Crippen LogP contribution is 2.49. The fourth-order valence-corrected chi connectivity index (χ4v) is 6.03. The molecule has 0 unspecified atom stereocenters. The Morgan fingerprint density at radius 1 is 0.875 bits per heavy atom. The van der Waals surface area contributed by atoms with Crippen molar-refractivity contribution in [3.8, 4) is 0 Å². The monoisotopic (exact) mass is 481 g/mol. The second-order valence-corrected chi connectivity index (χ2v) is 10.6. The van der Waals surface area contributed by atoms with Crippen LogP contribution in [-0.2, 0) is 6.18 Å². The lowest BCUT2D eigenvalue weighted by molar-refractivity contribution is -0.137. The zero-order valence-electron chi connectivity index (χ0n) is 18.4. The highest BCUT2D eigenvalue weighted by atomic mass is 32.2. The van der Waals surface area contributed by atoms with Crippen LogP contribution in [0.3, 0.4) is 0 Å². The SMILES string of the molecule is CCSCCN1CCN(CCCN2c3ccccc3Sc3ccc(C(F)(F)F)cc32)CC1. The molecule has 0 bridgehead atoms. The van der Waals surface area contributed by atoms with Gasteiger partial charge in [-0.05, 0) is 49.1 Å². The fraction of sp³-hybridized carbons (Fsp3) is 0.500. The Bertz CT molecular complexity index is 898. The Kier molecular flexibility index (Phi) is 7.97. The van der Waals surface area contributed by atoms with E-state index in [1.165, 1.54) is 23.6 Å². The lowest BCUT2D eigenvalue weighted by Crippen LogP contribution is -2.47. The number of fused-ring (bicyclic) bond motifs is 2. The minimum Gasteiger partial charge on any atom is -0.340 e. The first kappa shape index (κ1) is 23.8. The van der Waals surface area contributed by atoms with Crippen LogP contribution in [0.2, 0.25) is 0 Å². The molecule has 2 aliphatic rings. The first-order chi connectivity index (χ1) is 15.5. The molecule has 2 heterocycles. The summed E-state index contributed by atoms with van der Waals surface area (Å²) in [5.74, 6) is 2.37. The molecule has 174 valence electrons. The summed E-state index contributed by atoms with van der Waals surface area (Å²) in [6, 6.07) is 12.1. The van der Waals surface area contributed by atoms with Gasteiger partial charge in [0.1, 0.15) is 0 Å². The summed E-state index contributed by atoms with van der Waals surface area (Å²) in [5, 5.41) is 0. The summed E-state index contributed by atoms with van der Waals surface area (Å²) in [6.45, 7) is 9.38. The number of para-hydroxylation sites is 1. The van der Waals surface area contributed by atoms with Crippen LogP contribution in [-0.4, -0.2) is 67.1 Å². The van der Waals surface area contributed by atoms with E-state index in [-0.39, 0.29) is 0 Å². The Hall–Kier alpha value is -1.35. The van der Waals surface area contributed by atoms with Gasteiger partial charge < -0.3 is 9.80 Å². The second kappa shape index (κ2) is 10.7. The molecule has 1 saturated heterocycles. The van der Waals surface area contributed by atoms with Gasteiger partial charge in [0.05, 0.1) is 16.9 Å². The van der Waals surface area contributed by atoms with Crippen molar-refractivity contribution in [2.24, 2.45) is 0 Å². The van der Waals surface area contributed by atoms with Crippen LogP contribution in [0.1, 0.15) is 18.9 Å². The average Bonchev–Trinajstić information content (AvgIpc) is 2.79. The summed E-state index contributed by atoms with van der Waals surface area (Å²) in [5.41, 5.74) is 1.09. The lowest BCUT2D eigenvalue weighted by atomic mass is 10.1. The normalized spacial score (nSPS) is 17.3. The number of halogens is 3. The van der Waals surface area contributed by atoms with E-state index in [1.807, 2.05) is 36.0 Å². The third-order valence-corrected chi connectivity index (χ3v) is 8.04. The number of piperazine rings is 1. The number of rotatable bonds is 8. The number of hydrogen-bond acceptors (Lipinski definition) is 5. The van der Waals surface area contributed by atoms with Crippen LogP contribution in [0.4, 0.5) is 24.5 Å². The van der Waals surface area contributed by atoms with Crippen LogP contribution >= 0.6 is 23.5 Å². The molecule has 0 aromatic heterocycles. The van der Waals surface area contributed by atoms with E-state index in [0.29, 0.717) is 12.2 Å². The molecule has 0 saturated carbocycles. The van der Waals surface area contributed by atoms with Gasteiger partial charge in [0.2, 0.25) is 0 Å². The number of nitrogens with zero attached hydrogens (tertiary/aromatic N) is 3. The Morgan fingerprint density at radius 2 is 1.56 bits per heavy atom. The first-order valence-corrected chi connectivity index (χ1v) is 13.2. The van der Waals surface area contributed by atoms with Crippen LogP contribution in [0, 0.1) is 0 Å². The van der Waals surface area contributed by atoms with Gasteiger partial charge in [-0.25, -0.2) is 0 Å². The van der Waals surface area contributed by atoms with Gasteiger partial charge in [-0.1, -0.05) is 30.8 Å². The van der Waals surface area contributed by atoms with E-state index in [1.54, 1.807) is 17.8 Å². The van der Waals surface area contributed by atoms with Gasteiger partial charge in [0.25, 0.3) is 0 Å². The predicted molar refractivity (Wildman–Crippen MR) is 130 cm³/mol. The van der Waals surface area contributed by atoms with Crippen molar-refractivity contribution >= 4 is 34.9 Å². The topological polar surface area (TPSA) is 9.72 Å². The summed E-state index contributed by atoms with van der Waals surface area (Å²) in [7, 11) is 0. The van der Waals surface area contributed by atoms with Crippen molar-refractivity contribution < 1.29 is 13.2 Å². The molecule has 2 aliphatic heterocycles. The minimum absolute atomic E-state index is 0.585. The largest absolute Gasteiger partial charge is 0.416 e. The van der Waals surface area contributed by atoms with E-state index in [9.17, 15) is 13.2 Å². The van der Waals surface area contributed by atoms with Gasteiger partial charge in [0, 0.05) is 54.8 Å². The van der Waals surface area contributed by atoms with Crippen LogP contribution < -0.4 is 4.90 Å². The van der Waals surface area contributed by atoms with Crippen LogP contribution in [0.5, 0.6) is 0 Å². The number of alkyl halides is 3. The molecule has 0 spiro atoms. The quantitative estimate of drug-likeness (QED) is 0.422. The van der Waals surface area contributed by atoms with E-state index in [0.717, 1.165) is 61.2 Å². The number of thioether (sulfide) groups is 1. The van der Waals surface area contributed by atoms with E-state index < -0.39 is 11.7 Å². The van der Waals surface area contributed by atoms with E-state index in [2.05, 4.69) is 21.6 Å². The number of benzene rings is 2. The van der Waals surface area contributed by atoms with Crippen molar-refractivity contribution in [3.05, 3.63) is 48.0 Å². The molecule has 2 aromatic carbocycles. The zero-order valence-corrected chi connectivity index (χ0v) is 20.0. The van der Waals surface area contributed by atoms with Crippen molar-refractivity contribution in [3.63, 3.8) is 0 Å². The summed E-state index contributed by atoms with van der Waals surface area (Å²) in [6.07, 6.45) is -3.42. The van der Waals surface area contributed by atoms with Crippen molar-refractivity contribution in [2.75, 3.05) is 62.2 Å². The number of hydrogen-bond donors (Lipinski definition) is 0. The van der Waals surface area contributed by atoms with Crippen molar-refractivity contribution in [1.29, 1.82) is 0 Å². The Labute approximate surface area is 197 Å². The van der Waals surface area contributed by atoms with Gasteiger partial charge >= 0.3 is 6.18 Å². The summed E-state index contributed by atoms with van der Waals surface area (Å²) >= 11 is 3.54.